The van der Waals surface area contributed by atoms with E-state index in [1.165, 1.54) is 16.7 Å². The molecule has 23 heavy (non-hydrogen) atoms. The molecule has 3 aliphatic rings. The average molecular weight is 318 g/mol. The highest BCUT2D eigenvalue weighted by atomic mass is 16.6. The summed E-state index contributed by atoms with van der Waals surface area (Å²) in [5, 5.41) is 10.5. The molecule has 0 aromatic heterocycles. The molecule has 1 saturated heterocycles. The topological polar surface area (TPSA) is 42.0 Å². The first-order valence-electron chi connectivity index (χ1n) is 8.84. The maximum atomic E-state index is 10.5. The summed E-state index contributed by atoms with van der Waals surface area (Å²) >= 11 is 0. The van der Waals surface area contributed by atoms with E-state index in [1.807, 2.05) is 13.0 Å². The number of hydrogen-bond donors (Lipinski definition) is 1. The summed E-state index contributed by atoms with van der Waals surface area (Å²) in [7, 11) is 0. The van der Waals surface area contributed by atoms with E-state index in [0.29, 0.717) is 0 Å². The lowest BCUT2D eigenvalue weighted by molar-refractivity contribution is 0.0961. The average Bonchev–Trinajstić information content (AvgIpc) is 2.99. The fourth-order valence-electron chi connectivity index (χ4n) is 3.75. The van der Waals surface area contributed by atoms with Crippen LogP contribution in [0.15, 0.2) is 34.9 Å². The van der Waals surface area contributed by atoms with Crippen LogP contribution in [-0.2, 0) is 9.47 Å². The molecule has 1 aliphatic carbocycles. The Bertz CT molecular complexity index is 555. The molecule has 3 nitrogen and oxygen atoms in total. The Morgan fingerprint density at radius 1 is 1.22 bits per heavy atom. The van der Waals surface area contributed by atoms with Crippen LogP contribution >= 0.6 is 0 Å². The minimum absolute atomic E-state index is 0.0247. The molecule has 1 fully saturated rings. The van der Waals surface area contributed by atoms with Gasteiger partial charge >= 0.3 is 0 Å². The van der Waals surface area contributed by atoms with E-state index in [9.17, 15) is 5.11 Å². The Morgan fingerprint density at radius 2 is 2.00 bits per heavy atom. The molecule has 0 aromatic carbocycles. The normalized spacial score (nSPS) is 45.5. The monoisotopic (exact) mass is 318 g/mol. The van der Waals surface area contributed by atoms with Gasteiger partial charge in [0.25, 0.3) is 0 Å². The predicted octanol–water partition coefficient (Wildman–Crippen LogP) is 4.08. The first-order chi connectivity index (χ1) is 10.8. The van der Waals surface area contributed by atoms with Crippen LogP contribution < -0.4 is 0 Å². The first kappa shape index (κ1) is 16.9. The summed E-state index contributed by atoms with van der Waals surface area (Å²) < 4.78 is 11.9. The molecule has 0 unspecified atom stereocenters. The van der Waals surface area contributed by atoms with Crippen LogP contribution in [-0.4, -0.2) is 35.1 Å². The zero-order valence-corrected chi connectivity index (χ0v) is 14.9. The third-order valence-corrected chi connectivity index (χ3v) is 5.56. The second kappa shape index (κ2) is 6.19. The van der Waals surface area contributed by atoms with Crippen LogP contribution in [0.5, 0.6) is 0 Å². The molecule has 0 saturated carbocycles. The van der Waals surface area contributed by atoms with E-state index in [1.54, 1.807) is 0 Å². The van der Waals surface area contributed by atoms with Gasteiger partial charge in [0.1, 0.15) is 0 Å². The Labute approximate surface area is 140 Å². The molecule has 3 rings (SSSR count). The Kier molecular flexibility index (Phi) is 4.56. The van der Waals surface area contributed by atoms with Crippen molar-refractivity contribution in [3.63, 3.8) is 0 Å². The maximum absolute atomic E-state index is 10.5. The summed E-state index contributed by atoms with van der Waals surface area (Å²) in [6.07, 6.45) is 11.3. The summed E-state index contributed by atoms with van der Waals surface area (Å²) in [5.41, 5.74) is 3.34. The zero-order valence-electron chi connectivity index (χ0n) is 14.9. The minimum Gasteiger partial charge on any atom is -0.386 e. The highest BCUT2D eigenvalue weighted by molar-refractivity contribution is 5.29. The Morgan fingerprint density at radius 3 is 2.78 bits per heavy atom. The van der Waals surface area contributed by atoms with Crippen molar-refractivity contribution in [1.82, 2.24) is 0 Å². The Hall–Kier alpha value is -0.900. The third-order valence-electron chi connectivity index (χ3n) is 5.56. The van der Waals surface area contributed by atoms with Crippen molar-refractivity contribution in [2.45, 2.75) is 83.2 Å². The highest BCUT2D eigenvalue weighted by Crippen LogP contribution is 2.45. The van der Waals surface area contributed by atoms with Gasteiger partial charge in [-0.1, -0.05) is 23.8 Å². The van der Waals surface area contributed by atoms with E-state index in [0.717, 1.165) is 38.7 Å². The summed E-state index contributed by atoms with van der Waals surface area (Å²) in [6.45, 7) is 9.16. The van der Waals surface area contributed by atoms with Gasteiger partial charge in [0.05, 0.1) is 30.0 Å². The van der Waals surface area contributed by atoms with E-state index in [2.05, 4.69) is 32.9 Å². The number of aliphatic hydroxyl groups is 1. The van der Waals surface area contributed by atoms with Crippen LogP contribution in [0.4, 0.5) is 0 Å². The van der Waals surface area contributed by atoms with Gasteiger partial charge in [-0.15, -0.1) is 0 Å². The molecule has 2 heterocycles. The van der Waals surface area contributed by atoms with Crippen molar-refractivity contribution in [2.24, 2.45) is 0 Å². The quantitative estimate of drug-likeness (QED) is 0.540. The molecule has 0 bridgehead atoms. The molecular formula is C20H30O3. The minimum atomic E-state index is -0.747. The molecule has 0 aromatic rings. The molecule has 4 atom stereocenters. The number of allylic oxidation sites excluding steroid dienone is 2. The number of rotatable bonds is 0. The molecule has 1 N–H and O–H groups in total. The van der Waals surface area contributed by atoms with Crippen LogP contribution in [0, 0.1) is 0 Å². The lowest BCUT2D eigenvalue weighted by Gasteiger charge is -2.19. The van der Waals surface area contributed by atoms with Crippen molar-refractivity contribution in [3.05, 3.63) is 34.9 Å². The van der Waals surface area contributed by atoms with Crippen LogP contribution in [0.1, 0.15) is 59.8 Å². The van der Waals surface area contributed by atoms with Crippen molar-refractivity contribution in [3.8, 4) is 0 Å². The van der Waals surface area contributed by atoms with Gasteiger partial charge < -0.3 is 14.6 Å². The third kappa shape index (κ3) is 3.96. The van der Waals surface area contributed by atoms with Crippen molar-refractivity contribution >= 4 is 0 Å². The number of fused-ring (bicyclic) bond motifs is 2. The fraction of sp³-hybridized carbons (Fsp3) is 0.700. The van der Waals surface area contributed by atoms with Crippen LogP contribution in [0.25, 0.3) is 0 Å². The van der Waals surface area contributed by atoms with E-state index in [-0.39, 0.29) is 17.8 Å². The van der Waals surface area contributed by atoms with Crippen LogP contribution in [0.2, 0.25) is 0 Å². The fourth-order valence-corrected chi connectivity index (χ4v) is 3.75. The van der Waals surface area contributed by atoms with Crippen molar-refractivity contribution in [2.75, 3.05) is 6.61 Å². The van der Waals surface area contributed by atoms with Gasteiger partial charge in [-0.05, 0) is 70.9 Å². The lowest BCUT2D eigenvalue weighted by atomic mass is 9.89. The van der Waals surface area contributed by atoms with E-state index < -0.39 is 5.60 Å². The molecule has 0 radical (unpaired) electrons. The summed E-state index contributed by atoms with van der Waals surface area (Å²) in [6, 6.07) is 0. The molecular weight excluding hydrogens is 288 g/mol. The SMILES string of the molecule is CC1=C2CC[C@@]3(C)O[C@@H]3CC[C@](C)(O)/C=C/C/C(C)=C/[C@@H]2OC1. The lowest BCUT2D eigenvalue weighted by Crippen LogP contribution is -2.22. The standard InChI is InChI=1S/C20H30O3/c1-14-6-5-9-19(3,21)10-8-18-20(4,23-18)11-7-16-15(2)13-22-17(16)12-14/h5,9,12,17-18,21H,6-8,10-11,13H2,1-4H3/b9-5+,14-12+/t17-,18+,19+,20+/m0/s1. The summed E-state index contributed by atoms with van der Waals surface area (Å²) in [4.78, 5) is 0. The zero-order chi connectivity index (χ0) is 16.7. The summed E-state index contributed by atoms with van der Waals surface area (Å²) in [5.74, 6) is 0. The van der Waals surface area contributed by atoms with Crippen molar-refractivity contribution in [1.29, 1.82) is 0 Å². The molecule has 0 amide bonds. The second-order valence-corrected chi connectivity index (χ2v) is 7.97. The molecule has 3 heteroatoms. The van der Waals surface area contributed by atoms with Gasteiger partial charge in [-0.25, -0.2) is 0 Å². The predicted molar refractivity (Wildman–Crippen MR) is 92.3 cm³/mol. The molecule has 2 aliphatic heterocycles. The van der Waals surface area contributed by atoms with Crippen LogP contribution in [0.3, 0.4) is 0 Å². The number of epoxide rings is 1. The maximum Gasteiger partial charge on any atom is 0.0977 e. The molecule has 0 spiro atoms. The smallest absolute Gasteiger partial charge is 0.0977 e. The van der Waals surface area contributed by atoms with E-state index >= 15 is 0 Å². The second-order valence-electron chi connectivity index (χ2n) is 7.97. The first-order valence-corrected chi connectivity index (χ1v) is 8.84. The largest absolute Gasteiger partial charge is 0.386 e. The molecule has 128 valence electrons. The van der Waals surface area contributed by atoms with Crippen molar-refractivity contribution < 1.29 is 14.6 Å². The van der Waals surface area contributed by atoms with E-state index in [4.69, 9.17) is 9.47 Å². The van der Waals surface area contributed by atoms with Gasteiger partial charge in [0.2, 0.25) is 0 Å². The van der Waals surface area contributed by atoms with Gasteiger partial charge in [0, 0.05) is 0 Å². The number of hydrogen-bond acceptors (Lipinski definition) is 3. The van der Waals surface area contributed by atoms with Gasteiger partial charge in [-0.3, -0.25) is 0 Å². The highest BCUT2D eigenvalue weighted by Gasteiger charge is 2.51. The Balaban J connectivity index is 1.81. The number of ether oxygens (including phenoxy) is 2. The van der Waals surface area contributed by atoms with Gasteiger partial charge in [-0.2, -0.15) is 0 Å². The van der Waals surface area contributed by atoms with Gasteiger partial charge in [0.15, 0.2) is 0 Å².